The average Bonchev–Trinajstić information content (AvgIpc) is 2.91. The summed E-state index contributed by atoms with van der Waals surface area (Å²) in [4.78, 5) is 0. The minimum absolute atomic E-state index is 0.236. The lowest BCUT2D eigenvalue weighted by molar-refractivity contribution is 0.619. The van der Waals surface area contributed by atoms with Crippen LogP contribution in [0.15, 0.2) is 36.4 Å². The number of aryl methyl sites for hydroxylation is 2. The van der Waals surface area contributed by atoms with Crippen LogP contribution < -0.4 is 10.6 Å². The van der Waals surface area contributed by atoms with E-state index < -0.39 is 0 Å². The molecule has 108 valence electrons. The molecule has 0 aliphatic heterocycles. The Labute approximate surface area is 129 Å². The number of hydrogen-bond donors (Lipinski definition) is 2. The molecule has 3 rings (SSSR count). The quantitative estimate of drug-likeness (QED) is 0.802. The number of thiocarbonyl (C=S) groups is 1. The normalized spacial score (nSPS) is 12.9. The zero-order chi connectivity index (χ0) is 14.8. The first-order valence-electron chi connectivity index (χ1n) is 7.08. The van der Waals surface area contributed by atoms with E-state index in [-0.39, 0.29) is 5.82 Å². The molecular weight excluding hydrogens is 283 g/mol. The second-order valence-electron chi connectivity index (χ2n) is 5.33. The molecule has 2 nitrogen and oxygen atoms in total. The van der Waals surface area contributed by atoms with E-state index in [9.17, 15) is 4.39 Å². The lowest BCUT2D eigenvalue weighted by atomic mass is 10.1. The van der Waals surface area contributed by atoms with E-state index in [4.69, 9.17) is 12.2 Å². The molecule has 0 amide bonds. The third-order valence-corrected chi connectivity index (χ3v) is 4.08. The largest absolute Gasteiger partial charge is 0.332 e. The van der Waals surface area contributed by atoms with Crippen molar-refractivity contribution in [1.29, 1.82) is 0 Å². The summed E-state index contributed by atoms with van der Waals surface area (Å²) >= 11 is 5.30. The Kier molecular flexibility index (Phi) is 3.88. The van der Waals surface area contributed by atoms with Gasteiger partial charge < -0.3 is 10.6 Å². The van der Waals surface area contributed by atoms with Crippen molar-refractivity contribution >= 4 is 28.7 Å². The summed E-state index contributed by atoms with van der Waals surface area (Å²) < 4.78 is 13.5. The predicted molar refractivity (Wildman–Crippen MR) is 89.4 cm³/mol. The summed E-state index contributed by atoms with van der Waals surface area (Å²) in [6.45, 7) is 1.73. The van der Waals surface area contributed by atoms with Gasteiger partial charge in [0, 0.05) is 16.9 Å². The minimum Gasteiger partial charge on any atom is -0.332 e. The average molecular weight is 300 g/mol. The molecule has 2 aromatic carbocycles. The zero-order valence-corrected chi connectivity index (χ0v) is 12.7. The van der Waals surface area contributed by atoms with Gasteiger partial charge in [-0.1, -0.05) is 12.1 Å². The first-order valence-corrected chi connectivity index (χ1v) is 7.49. The smallest absolute Gasteiger partial charge is 0.175 e. The van der Waals surface area contributed by atoms with E-state index in [1.54, 1.807) is 13.0 Å². The van der Waals surface area contributed by atoms with Gasteiger partial charge in [-0.2, -0.15) is 0 Å². The number of nitrogens with one attached hydrogen (secondary N) is 2. The van der Waals surface area contributed by atoms with Crippen LogP contribution in [-0.4, -0.2) is 5.11 Å². The first-order chi connectivity index (χ1) is 10.1. The van der Waals surface area contributed by atoms with E-state index >= 15 is 0 Å². The highest BCUT2D eigenvalue weighted by atomic mass is 32.1. The summed E-state index contributed by atoms with van der Waals surface area (Å²) in [7, 11) is 0. The summed E-state index contributed by atoms with van der Waals surface area (Å²) in [6.07, 6.45) is 3.53. The van der Waals surface area contributed by atoms with Gasteiger partial charge in [0.05, 0.1) is 0 Å². The molecular formula is C17H17FN2S. The van der Waals surface area contributed by atoms with Gasteiger partial charge in [-0.15, -0.1) is 0 Å². The first kappa shape index (κ1) is 14.0. The molecule has 1 aliphatic rings. The Morgan fingerprint density at radius 3 is 2.76 bits per heavy atom. The Hall–Kier alpha value is -1.94. The lowest BCUT2D eigenvalue weighted by Crippen LogP contribution is -2.20. The standard InChI is InChI=1S/C17H17FN2S/c1-11-15(18)6-3-7-16(11)20-17(21)19-14-9-8-12-4-2-5-13(12)10-14/h3,6-10H,2,4-5H2,1H3,(H2,19,20,21). The Balaban J connectivity index is 1.70. The van der Waals surface area contributed by atoms with Crippen molar-refractivity contribution in [2.45, 2.75) is 26.2 Å². The van der Waals surface area contributed by atoms with Crippen LogP contribution in [0.1, 0.15) is 23.1 Å². The number of hydrogen-bond acceptors (Lipinski definition) is 1. The van der Waals surface area contributed by atoms with Crippen molar-refractivity contribution in [1.82, 2.24) is 0 Å². The van der Waals surface area contributed by atoms with Crippen molar-refractivity contribution in [3.63, 3.8) is 0 Å². The molecule has 21 heavy (non-hydrogen) atoms. The van der Waals surface area contributed by atoms with E-state index in [1.165, 1.54) is 30.0 Å². The van der Waals surface area contributed by atoms with E-state index in [0.29, 0.717) is 16.4 Å². The summed E-state index contributed by atoms with van der Waals surface area (Å²) in [5.41, 5.74) is 5.05. The maximum absolute atomic E-state index is 13.5. The molecule has 4 heteroatoms. The van der Waals surface area contributed by atoms with Gasteiger partial charge in [0.2, 0.25) is 0 Å². The zero-order valence-electron chi connectivity index (χ0n) is 11.9. The molecule has 0 bridgehead atoms. The molecule has 0 radical (unpaired) electrons. The van der Waals surface area contributed by atoms with Gasteiger partial charge in [0.1, 0.15) is 5.82 Å². The van der Waals surface area contributed by atoms with Gasteiger partial charge in [-0.3, -0.25) is 0 Å². The highest BCUT2D eigenvalue weighted by Crippen LogP contribution is 2.25. The van der Waals surface area contributed by atoms with Gasteiger partial charge in [-0.05, 0) is 73.8 Å². The molecule has 0 fully saturated rings. The highest BCUT2D eigenvalue weighted by Gasteiger charge is 2.11. The third kappa shape index (κ3) is 3.05. The molecule has 0 heterocycles. The lowest BCUT2D eigenvalue weighted by Gasteiger charge is -2.13. The SMILES string of the molecule is Cc1c(F)cccc1NC(=S)Nc1ccc2c(c1)CCC2. The number of benzene rings is 2. The molecule has 2 aromatic rings. The van der Waals surface area contributed by atoms with Crippen molar-refractivity contribution in [2.24, 2.45) is 0 Å². The molecule has 2 N–H and O–H groups in total. The molecule has 0 spiro atoms. The minimum atomic E-state index is -0.236. The maximum Gasteiger partial charge on any atom is 0.175 e. The molecule has 0 aromatic heterocycles. The van der Waals surface area contributed by atoms with Gasteiger partial charge in [-0.25, -0.2) is 4.39 Å². The number of fused-ring (bicyclic) bond motifs is 1. The van der Waals surface area contributed by atoms with Crippen molar-refractivity contribution < 1.29 is 4.39 Å². The molecule has 0 atom stereocenters. The maximum atomic E-state index is 13.5. The van der Waals surface area contributed by atoms with Crippen LogP contribution >= 0.6 is 12.2 Å². The van der Waals surface area contributed by atoms with Crippen molar-refractivity contribution in [3.05, 3.63) is 58.9 Å². The molecule has 1 aliphatic carbocycles. The number of rotatable bonds is 2. The Morgan fingerprint density at radius 1 is 1.10 bits per heavy atom. The van der Waals surface area contributed by atoms with Crippen molar-refractivity contribution in [2.75, 3.05) is 10.6 Å². The fraction of sp³-hybridized carbons (Fsp3) is 0.235. The van der Waals surface area contributed by atoms with Crippen LogP contribution in [-0.2, 0) is 12.8 Å². The van der Waals surface area contributed by atoms with Crippen LogP contribution in [0.4, 0.5) is 15.8 Å². The van der Waals surface area contributed by atoms with Crippen molar-refractivity contribution in [3.8, 4) is 0 Å². The van der Waals surface area contributed by atoms with Crippen LogP contribution in [0.2, 0.25) is 0 Å². The van der Waals surface area contributed by atoms with Gasteiger partial charge in [0.15, 0.2) is 5.11 Å². The molecule has 0 saturated carbocycles. The van der Waals surface area contributed by atoms with Crippen LogP contribution in [0.5, 0.6) is 0 Å². The second-order valence-corrected chi connectivity index (χ2v) is 5.74. The monoisotopic (exact) mass is 300 g/mol. The Morgan fingerprint density at radius 2 is 1.90 bits per heavy atom. The van der Waals surface area contributed by atoms with Gasteiger partial charge in [0.25, 0.3) is 0 Å². The third-order valence-electron chi connectivity index (χ3n) is 3.87. The van der Waals surface area contributed by atoms with E-state index in [0.717, 1.165) is 12.1 Å². The predicted octanol–water partition coefficient (Wildman–Crippen LogP) is 4.43. The van der Waals surface area contributed by atoms with Crippen LogP contribution in [0, 0.1) is 12.7 Å². The van der Waals surface area contributed by atoms with Crippen LogP contribution in [0.25, 0.3) is 0 Å². The summed E-state index contributed by atoms with van der Waals surface area (Å²) in [6, 6.07) is 11.3. The number of halogens is 1. The summed E-state index contributed by atoms with van der Waals surface area (Å²) in [5.74, 6) is -0.236. The summed E-state index contributed by atoms with van der Waals surface area (Å²) in [5, 5.41) is 6.69. The van der Waals surface area contributed by atoms with E-state index in [2.05, 4.69) is 22.8 Å². The fourth-order valence-electron chi connectivity index (χ4n) is 2.68. The topological polar surface area (TPSA) is 24.1 Å². The van der Waals surface area contributed by atoms with Gasteiger partial charge >= 0.3 is 0 Å². The number of anilines is 2. The van der Waals surface area contributed by atoms with E-state index in [1.807, 2.05) is 12.1 Å². The molecule has 0 unspecified atom stereocenters. The highest BCUT2D eigenvalue weighted by molar-refractivity contribution is 7.80. The second kappa shape index (κ2) is 5.82. The Bertz CT molecular complexity index is 697. The van der Waals surface area contributed by atoms with Crippen LogP contribution in [0.3, 0.4) is 0 Å². The fourth-order valence-corrected chi connectivity index (χ4v) is 2.90. The molecule has 0 saturated heterocycles.